The van der Waals surface area contributed by atoms with Crippen LogP contribution in [0, 0.1) is 0 Å². The minimum Gasteiger partial charge on any atom is -0.339 e. The molecule has 0 aromatic carbocycles. The number of nitrogens with two attached hydrogens (primary N) is 1. The van der Waals surface area contributed by atoms with Gasteiger partial charge in [0, 0.05) is 19.1 Å². The van der Waals surface area contributed by atoms with E-state index in [1.807, 2.05) is 0 Å². The summed E-state index contributed by atoms with van der Waals surface area (Å²) < 4.78 is 1.41. The van der Waals surface area contributed by atoms with E-state index in [2.05, 4.69) is 15.5 Å². The molecule has 0 bridgehead atoms. The predicted octanol–water partition coefficient (Wildman–Crippen LogP) is -1.77. The Morgan fingerprint density at radius 2 is 2.50 bits per heavy atom. The van der Waals surface area contributed by atoms with Crippen LogP contribution in [0.15, 0.2) is 6.33 Å². The Balaban J connectivity index is 1.90. The monoisotopic (exact) mass is 196 g/mol. The Morgan fingerprint density at radius 3 is 3.07 bits per heavy atom. The van der Waals surface area contributed by atoms with Crippen LogP contribution in [0.25, 0.3) is 0 Å². The predicted molar refractivity (Wildman–Crippen MR) is 47.0 cm³/mol. The fourth-order valence-electron chi connectivity index (χ4n) is 1.51. The molecule has 1 amide bonds. The van der Waals surface area contributed by atoms with Crippen molar-refractivity contribution in [2.24, 2.45) is 5.73 Å². The topological polar surface area (TPSA) is 89.9 Å². The highest BCUT2D eigenvalue weighted by Gasteiger charge is 2.23. The molecule has 1 aromatic rings. The first kappa shape index (κ1) is 9.07. The molecule has 14 heavy (non-hydrogen) atoms. The average molecular weight is 196 g/mol. The number of hydrogen-bond acceptors (Lipinski definition) is 5. The molecule has 0 unspecified atom stereocenters. The fourth-order valence-corrected chi connectivity index (χ4v) is 1.51. The minimum atomic E-state index is 0.0188. The van der Waals surface area contributed by atoms with E-state index < -0.39 is 0 Å². The molecule has 1 fully saturated rings. The van der Waals surface area contributed by atoms with Gasteiger partial charge >= 0.3 is 0 Å². The van der Waals surface area contributed by atoms with Crippen LogP contribution in [0.4, 0.5) is 0 Å². The lowest BCUT2D eigenvalue weighted by Crippen LogP contribution is -2.34. The maximum atomic E-state index is 11.6. The van der Waals surface area contributed by atoms with Gasteiger partial charge in [-0.2, -0.15) is 0 Å². The number of carbonyl (C=O) groups is 1. The zero-order valence-corrected chi connectivity index (χ0v) is 7.70. The largest absolute Gasteiger partial charge is 0.339 e. The summed E-state index contributed by atoms with van der Waals surface area (Å²) in [5, 5.41) is 10.5. The SMILES string of the molecule is N[C@H]1CCN(C(=O)Cn2cnnn2)C1. The maximum Gasteiger partial charge on any atom is 0.244 e. The van der Waals surface area contributed by atoms with Crippen LogP contribution in [-0.4, -0.2) is 50.1 Å². The Labute approximate surface area is 80.9 Å². The molecule has 0 saturated carbocycles. The molecular weight excluding hydrogens is 184 g/mol. The van der Waals surface area contributed by atoms with Crippen molar-refractivity contribution in [1.82, 2.24) is 25.1 Å². The third-order valence-corrected chi connectivity index (χ3v) is 2.27. The van der Waals surface area contributed by atoms with Crippen molar-refractivity contribution in [2.45, 2.75) is 19.0 Å². The minimum absolute atomic E-state index is 0.0188. The van der Waals surface area contributed by atoms with Gasteiger partial charge in [0.1, 0.15) is 12.9 Å². The van der Waals surface area contributed by atoms with E-state index in [1.165, 1.54) is 11.0 Å². The number of amides is 1. The first-order valence-electron chi connectivity index (χ1n) is 4.50. The second-order valence-electron chi connectivity index (χ2n) is 3.40. The highest BCUT2D eigenvalue weighted by Crippen LogP contribution is 2.07. The summed E-state index contributed by atoms with van der Waals surface area (Å²) in [4.78, 5) is 13.4. The van der Waals surface area contributed by atoms with Gasteiger partial charge in [-0.25, -0.2) is 4.68 Å². The van der Waals surface area contributed by atoms with Gasteiger partial charge in [-0.15, -0.1) is 5.10 Å². The standard InChI is InChI=1S/C7H12N6O/c8-6-1-2-12(3-6)7(14)4-13-5-9-10-11-13/h5-6H,1-4,8H2/t6-/m0/s1. The summed E-state index contributed by atoms with van der Waals surface area (Å²) in [5.74, 6) is 0.0188. The first-order valence-corrected chi connectivity index (χ1v) is 4.50. The van der Waals surface area contributed by atoms with Crippen LogP contribution in [-0.2, 0) is 11.3 Å². The summed E-state index contributed by atoms with van der Waals surface area (Å²) in [7, 11) is 0. The second kappa shape index (κ2) is 3.70. The van der Waals surface area contributed by atoms with E-state index in [4.69, 9.17) is 5.73 Å². The molecule has 1 saturated heterocycles. The summed E-state index contributed by atoms with van der Waals surface area (Å²) in [6.07, 6.45) is 2.30. The molecule has 1 aliphatic heterocycles. The molecule has 1 aliphatic rings. The summed E-state index contributed by atoms with van der Waals surface area (Å²) in [6.45, 7) is 1.57. The molecule has 2 N–H and O–H groups in total. The van der Waals surface area contributed by atoms with Crippen molar-refractivity contribution < 1.29 is 4.79 Å². The van der Waals surface area contributed by atoms with E-state index in [9.17, 15) is 4.79 Å². The lowest BCUT2D eigenvalue weighted by molar-refractivity contribution is -0.131. The summed E-state index contributed by atoms with van der Waals surface area (Å²) >= 11 is 0. The molecular formula is C7H12N6O. The lowest BCUT2D eigenvalue weighted by Gasteiger charge is -2.14. The van der Waals surface area contributed by atoms with Crippen molar-refractivity contribution in [3.63, 3.8) is 0 Å². The molecule has 1 atom stereocenters. The van der Waals surface area contributed by atoms with Crippen molar-refractivity contribution in [3.8, 4) is 0 Å². The van der Waals surface area contributed by atoms with Gasteiger partial charge in [-0.05, 0) is 16.8 Å². The Bertz CT molecular complexity index is 310. The molecule has 7 heteroatoms. The molecule has 7 nitrogen and oxygen atoms in total. The van der Waals surface area contributed by atoms with Crippen LogP contribution in [0.3, 0.4) is 0 Å². The highest BCUT2D eigenvalue weighted by atomic mass is 16.2. The van der Waals surface area contributed by atoms with Crippen molar-refractivity contribution in [2.75, 3.05) is 13.1 Å². The Morgan fingerprint density at radius 1 is 1.64 bits per heavy atom. The fraction of sp³-hybridized carbons (Fsp3) is 0.714. The average Bonchev–Trinajstić information content (AvgIpc) is 2.75. The number of likely N-dealkylation sites (tertiary alicyclic amines) is 1. The van der Waals surface area contributed by atoms with Gasteiger partial charge in [-0.1, -0.05) is 0 Å². The molecule has 0 radical (unpaired) electrons. The Hall–Kier alpha value is -1.50. The molecule has 0 aliphatic carbocycles. The number of hydrogen-bond donors (Lipinski definition) is 1. The van der Waals surface area contributed by atoms with Crippen molar-refractivity contribution in [1.29, 1.82) is 0 Å². The van der Waals surface area contributed by atoms with Crippen LogP contribution >= 0.6 is 0 Å². The number of rotatable bonds is 2. The van der Waals surface area contributed by atoms with Gasteiger partial charge in [0.05, 0.1) is 0 Å². The van der Waals surface area contributed by atoms with Crippen LogP contribution in [0.2, 0.25) is 0 Å². The van der Waals surface area contributed by atoms with E-state index in [-0.39, 0.29) is 18.5 Å². The number of nitrogens with zero attached hydrogens (tertiary/aromatic N) is 5. The first-order chi connectivity index (χ1) is 6.75. The van der Waals surface area contributed by atoms with Crippen molar-refractivity contribution >= 4 is 5.91 Å². The van der Waals surface area contributed by atoms with E-state index >= 15 is 0 Å². The third-order valence-electron chi connectivity index (χ3n) is 2.27. The molecule has 76 valence electrons. The summed E-state index contributed by atoms with van der Waals surface area (Å²) in [5.41, 5.74) is 5.70. The van der Waals surface area contributed by atoms with Crippen molar-refractivity contribution in [3.05, 3.63) is 6.33 Å². The lowest BCUT2D eigenvalue weighted by atomic mass is 10.3. The second-order valence-corrected chi connectivity index (χ2v) is 3.40. The van der Waals surface area contributed by atoms with Gasteiger partial charge in [-0.3, -0.25) is 4.79 Å². The normalized spacial score (nSPS) is 21.5. The summed E-state index contributed by atoms with van der Waals surface area (Å²) in [6, 6.07) is 0.118. The van der Waals surface area contributed by atoms with Gasteiger partial charge < -0.3 is 10.6 Å². The maximum absolute atomic E-state index is 11.6. The van der Waals surface area contributed by atoms with Gasteiger partial charge in [0.2, 0.25) is 5.91 Å². The highest BCUT2D eigenvalue weighted by molar-refractivity contribution is 5.76. The Kier molecular flexibility index (Phi) is 2.40. The zero-order chi connectivity index (χ0) is 9.97. The smallest absolute Gasteiger partial charge is 0.244 e. The quantitative estimate of drug-likeness (QED) is 0.604. The van der Waals surface area contributed by atoms with Crippen LogP contribution in [0.5, 0.6) is 0 Å². The van der Waals surface area contributed by atoms with E-state index in [0.29, 0.717) is 6.54 Å². The zero-order valence-electron chi connectivity index (χ0n) is 7.70. The van der Waals surface area contributed by atoms with Gasteiger partial charge in [0.15, 0.2) is 0 Å². The van der Waals surface area contributed by atoms with Crippen LogP contribution < -0.4 is 5.73 Å². The van der Waals surface area contributed by atoms with Crippen LogP contribution in [0.1, 0.15) is 6.42 Å². The molecule has 2 heterocycles. The molecule has 2 rings (SSSR count). The van der Waals surface area contributed by atoms with E-state index in [0.717, 1.165) is 13.0 Å². The number of aromatic nitrogens is 4. The third kappa shape index (κ3) is 1.87. The molecule has 0 spiro atoms. The number of tetrazole rings is 1. The molecule has 1 aromatic heterocycles. The van der Waals surface area contributed by atoms with Gasteiger partial charge in [0.25, 0.3) is 0 Å². The number of carbonyl (C=O) groups excluding carboxylic acids is 1. The van der Waals surface area contributed by atoms with E-state index in [1.54, 1.807) is 4.90 Å².